The van der Waals surface area contributed by atoms with E-state index in [4.69, 9.17) is 4.74 Å². The fourth-order valence-corrected chi connectivity index (χ4v) is 2.94. The van der Waals surface area contributed by atoms with Crippen LogP contribution in [0.15, 0.2) is 0 Å². The van der Waals surface area contributed by atoms with Crippen LogP contribution in [0.5, 0.6) is 0 Å². The van der Waals surface area contributed by atoms with Gasteiger partial charge in [0, 0.05) is 5.92 Å². The fourth-order valence-electron chi connectivity index (χ4n) is 2.94. The topological polar surface area (TPSA) is 49.7 Å². The number of aliphatic hydroxyl groups is 2. The van der Waals surface area contributed by atoms with Crippen LogP contribution >= 0.6 is 0 Å². The van der Waals surface area contributed by atoms with Crippen molar-refractivity contribution in [3.63, 3.8) is 0 Å². The van der Waals surface area contributed by atoms with Crippen molar-refractivity contribution >= 4 is 0 Å². The van der Waals surface area contributed by atoms with Gasteiger partial charge in [-0.25, -0.2) is 0 Å². The van der Waals surface area contributed by atoms with E-state index in [1.54, 1.807) is 0 Å². The Morgan fingerprint density at radius 3 is 1.67 bits per heavy atom. The molecule has 0 aromatic carbocycles. The number of hydrogen-bond acceptors (Lipinski definition) is 3. The quantitative estimate of drug-likeness (QED) is 0.702. The van der Waals surface area contributed by atoms with Gasteiger partial charge in [-0.05, 0) is 24.7 Å². The molecule has 0 bridgehead atoms. The fraction of sp³-hybridized carbons (Fsp3) is 1.00. The van der Waals surface area contributed by atoms with Gasteiger partial charge in [0.25, 0.3) is 0 Å². The Kier molecular flexibility index (Phi) is 3.95. The van der Waals surface area contributed by atoms with Crippen molar-refractivity contribution < 1.29 is 14.9 Å². The van der Waals surface area contributed by atoms with Crippen molar-refractivity contribution in [2.45, 2.75) is 79.3 Å². The number of rotatable bonds is 0. The minimum absolute atomic E-state index is 0.0731. The molecule has 1 fully saturated rings. The highest BCUT2D eigenvalue weighted by atomic mass is 16.5. The molecule has 4 atom stereocenters. The van der Waals surface area contributed by atoms with Crippen molar-refractivity contribution in [2.24, 2.45) is 16.7 Å². The standard InChI is InChI=1S/C15H30O3/c1-13(2,3)9-10(16)11(17)15(7,8)18-12(9)14(4,5)6/h9-12,16-17H,1-8H3/t9?,10-,11-,12?/m0/s1. The molecule has 0 spiro atoms. The summed E-state index contributed by atoms with van der Waals surface area (Å²) in [7, 11) is 0. The molecule has 3 nitrogen and oxygen atoms in total. The third-order valence-corrected chi connectivity index (χ3v) is 4.01. The molecular formula is C15H30O3. The molecule has 0 amide bonds. The lowest BCUT2D eigenvalue weighted by atomic mass is 9.63. The van der Waals surface area contributed by atoms with E-state index in [1.807, 2.05) is 13.8 Å². The largest absolute Gasteiger partial charge is 0.390 e. The molecule has 0 radical (unpaired) electrons. The smallest absolute Gasteiger partial charge is 0.109 e. The van der Waals surface area contributed by atoms with Gasteiger partial charge in [0.05, 0.1) is 17.8 Å². The summed E-state index contributed by atoms with van der Waals surface area (Å²) < 4.78 is 6.15. The Morgan fingerprint density at radius 1 is 0.889 bits per heavy atom. The molecule has 2 unspecified atom stereocenters. The van der Waals surface area contributed by atoms with E-state index >= 15 is 0 Å². The summed E-state index contributed by atoms with van der Waals surface area (Å²) in [5, 5.41) is 20.8. The zero-order valence-corrected chi connectivity index (χ0v) is 13.1. The van der Waals surface area contributed by atoms with E-state index in [-0.39, 0.29) is 22.9 Å². The molecule has 1 aliphatic heterocycles. The minimum Gasteiger partial charge on any atom is -0.390 e. The Balaban J connectivity index is 3.20. The van der Waals surface area contributed by atoms with Crippen molar-refractivity contribution in [3.05, 3.63) is 0 Å². The van der Waals surface area contributed by atoms with Gasteiger partial charge in [0.2, 0.25) is 0 Å². The number of aliphatic hydroxyl groups excluding tert-OH is 2. The Bertz CT molecular complexity index is 296. The SMILES string of the molecule is CC(C)(C)C1OC(C)(C)[C@@H](O)[C@@H](O)C1C(C)(C)C. The molecule has 1 rings (SSSR count). The molecule has 1 heterocycles. The molecule has 1 aliphatic rings. The van der Waals surface area contributed by atoms with Crippen LogP contribution in [0.4, 0.5) is 0 Å². The van der Waals surface area contributed by atoms with E-state index < -0.39 is 17.8 Å². The maximum atomic E-state index is 10.5. The Morgan fingerprint density at radius 2 is 1.33 bits per heavy atom. The number of ether oxygens (including phenoxy) is 1. The third kappa shape index (κ3) is 2.89. The van der Waals surface area contributed by atoms with E-state index in [0.717, 1.165) is 0 Å². The Hall–Kier alpha value is -0.120. The molecule has 0 aromatic rings. The first-order valence-corrected chi connectivity index (χ1v) is 6.82. The van der Waals surface area contributed by atoms with Crippen molar-refractivity contribution in [3.8, 4) is 0 Å². The van der Waals surface area contributed by atoms with Gasteiger partial charge in [0.1, 0.15) is 6.10 Å². The molecule has 18 heavy (non-hydrogen) atoms. The monoisotopic (exact) mass is 258 g/mol. The van der Waals surface area contributed by atoms with Crippen LogP contribution in [0.1, 0.15) is 55.4 Å². The van der Waals surface area contributed by atoms with Crippen molar-refractivity contribution in [1.82, 2.24) is 0 Å². The van der Waals surface area contributed by atoms with Gasteiger partial charge in [-0.3, -0.25) is 0 Å². The first-order valence-electron chi connectivity index (χ1n) is 6.82. The summed E-state index contributed by atoms with van der Waals surface area (Å²) >= 11 is 0. The summed E-state index contributed by atoms with van der Waals surface area (Å²) in [5.74, 6) is -0.0828. The lowest BCUT2D eigenvalue weighted by Gasteiger charge is -2.55. The number of hydrogen-bond donors (Lipinski definition) is 2. The van der Waals surface area contributed by atoms with Gasteiger partial charge < -0.3 is 14.9 Å². The summed E-state index contributed by atoms with van der Waals surface area (Å²) in [6.45, 7) is 16.3. The second-order valence-corrected chi connectivity index (χ2v) is 8.34. The molecule has 0 aliphatic carbocycles. The average molecular weight is 258 g/mol. The third-order valence-electron chi connectivity index (χ3n) is 4.01. The van der Waals surface area contributed by atoms with Gasteiger partial charge in [-0.15, -0.1) is 0 Å². The van der Waals surface area contributed by atoms with Crippen molar-refractivity contribution in [2.75, 3.05) is 0 Å². The lowest BCUT2D eigenvalue weighted by Crippen LogP contribution is -2.64. The molecule has 0 aromatic heterocycles. The van der Waals surface area contributed by atoms with Crippen LogP contribution in [0.2, 0.25) is 0 Å². The van der Waals surface area contributed by atoms with Crippen molar-refractivity contribution in [1.29, 1.82) is 0 Å². The minimum atomic E-state index is -0.847. The van der Waals surface area contributed by atoms with Crippen LogP contribution in [-0.4, -0.2) is 34.1 Å². The zero-order chi connectivity index (χ0) is 14.5. The van der Waals surface area contributed by atoms with Crippen LogP contribution < -0.4 is 0 Å². The van der Waals surface area contributed by atoms with E-state index in [0.29, 0.717) is 0 Å². The molecule has 3 heteroatoms. The molecular weight excluding hydrogens is 228 g/mol. The highest BCUT2D eigenvalue weighted by molar-refractivity contribution is 5.03. The second kappa shape index (κ2) is 4.46. The van der Waals surface area contributed by atoms with Gasteiger partial charge in [-0.1, -0.05) is 41.5 Å². The molecule has 1 saturated heterocycles. The van der Waals surface area contributed by atoms with Crippen LogP contribution in [0.3, 0.4) is 0 Å². The van der Waals surface area contributed by atoms with E-state index in [2.05, 4.69) is 41.5 Å². The predicted molar refractivity (Wildman–Crippen MR) is 73.4 cm³/mol. The molecule has 108 valence electrons. The van der Waals surface area contributed by atoms with E-state index in [1.165, 1.54) is 0 Å². The predicted octanol–water partition coefficient (Wildman–Crippen LogP) is 2.59. The van der Waals surface area contributed by atoms with Gasteiger partial charge in [-0.2, -0.15) is 0 Å². The van der Waals surface area contributed by atoms with Crippen LogP contribution in [-0.2, 0) is 4.74 Å². The van der Waals surface area contributed by atoms with Crippen LogP contribution in [0.25, 0.3) is 0 Å². The van der Waals surface area contributed by atoms with Gasteiger partial charge >= 0.3 is 0 Å². The molecule has 2 N–H and O–H groups in total. The first kappa shape index (κ1) is 15.9. The maximum absolute atomic E-state index is 10.5. The first-order chi connectivity index (χ1) is 7.78. The molecule has 0 saturated carbocycles. The summed E-state index contributed by atoms with van der Waals surface area (Å²) in [4.78, 5) is 0. The highest BCUT2D eigenvalue weighted by Crippen LogP contribution is 2.47. The highest BCUT2D eigenvalue weighted by Gasteiger charge is 2.55. The van der Waals surface area contributed by atoms with Gasteiger partial charge in [0.15, 0.2) is 0 Å². The van der Waals surface area contributed by atoms with E-state index in [9.17, 15) is 10.2 Å². The summed E-state index contributed by atoms with van der Waals surface area (Å²) in [6.07, 6.45) is -1.68. The average Bonchev–Trinajstić information content (AvgIpc) is 2.09. The Labute approximate surface area is 112 Å². The normalized spacial score (nSPS) is 37.7. The summed E-state index contributed by atoms with van der Waals surface area (Å²) in [6, 6.07) is 0. The lowest BCUT2D eigenvalue weighted by molar-refractivity contribution is -0.276. The zero-order valence-electron chi connectivity index (χ0n) is 13.1. The maximum Gasteiger partial charge on any atom is 0.109 e. The summed E-state index contributed by atoms with van der Waals surface area (Å²) in [5.41, 5.74) is -0.899. The van der Waals surface area contributed by atoms with Crippen LogP contribution in [0, 0.1) is 16.7 Å². The second-order valence-electron chi connectivity index (χ2n) is 8.34.